The number of amides is 2. The van der Waals surface area contributed by atoms with Crippen LogP contribution in [-0.2, 0) is 9.47 Å². The van der Waals surface area contributed by atoms with Crippen LogP contribution in [0.1, 0.15) is 59.9 Å². The molecule has 1 aliphatic carbocycles. The highest BCUT2D eigenvalue weighted by molar-refractivity contribution is 5.78. The predicted molar refractivity (Wildman–Crippen MR) is 111 cm³/mol. The summed E-state index contributed by atoms with van der Waals surface area (Å²) in [4.78, 5) is 26.4. The van der Waals surface area contributed by atoms with Crippen LogP contribution in [0.25, 0.3) is 0 Å². The van der Waals surface area contributed by atoms with Crippen molar-refractivity contribution in [3.05, 3.63) is 41.5 Å². The Kier molecular flexibility index (Phi) is 4.56. The van der Waals surface area contributed by atoms with Gasteiger partial charge in [0.15, 0.2) is 0 Å². The fraction of sp³-hybridized carbons (Fsp3) is 0.565. The van der Waals surface area contributed by atoms with Gasteiger partial charge in [0, 0.05) is 5.56 Å². The van der Waals surface area contributed by atoms with Crippen LogP contribution >= 0.6 is 0 Å². The molecular weight excluding hydrogens is 384 g/mol. The van der Waals surface area contributed by atoms with E-state index in [1.807, 2.05) is 58.0 Å². The molecule has 0 bridgehead atoms. The number of carbonyl (C=O) groups is 2. The Bertz CT molecular complexity index is 911. The summed E-state index contributed by atoms with van der Waals surface area (Å²) in [5.74, 6) is 0.717. The maximum absolute atomic E-state index is 13.3. The zero-order valence-corrected chi connectivity index (χ0v) is 18.6. The van der Waals surface area contributed by atoms with Gasteiger partial charge in [-0.15, -0.1) is 0 Å². The van der Waals surface area contributed by atoms with Crippen molar-refractivity contribution in [1.29, 1.82) is 0 Å². The predicted octanol–water partition coefficient (Wildman–Crippen LogP) is 4.63. The minimum absolute atomic E-state index is 0.0985. The van der Waals surface area contributed by atoms with Crippen molar-refractivity contribution >= 4 is 12.2 Å². The highest BCUT2D eigenvalue weighted by Gasteiger charge is 2.59. The van der Waals surface area contributed by atoms with Crippen LogP contribution < -0.4 is 4.74 Å². The first kappa shape index (κ1) is 20.6. The van der Waals surface area contributed by atoms with E-state index in [1.54, 1.807) is 20.8 Å². The van der Waals surface area contributed by atoms with E-state index in [1.165, 1.54) is 10.0 Å². The molecule has 0 spiro atoms. The number of carbonyl (C=O) groups excluding carboxylic acids is 2. The highest BCUT2D eigenvalue weighted by Crippen LogP contribution is 2.52. The topological polar surface area (TPSA) is 68.3 Å². The monoisotopic (exact) mass is 414 g/mol. The summed E-state index contributed by atoms with van der Waals surface area (Å²) in [6.45, 7) is 12.8. The Balaban J connectivity index is 1.75. The molecule has 0 unspecified atom stereocenters. The van der Waals surface area contributed by atoms with Crippen LogP contribution in [-0.4, -0.2) is 51.6 Å². The molecule has 1 aromatic carbocycles. The zero-order valence-electron chi connectivity index (χ0n) is 18.6. The summed E-state index contributed by atoms with van der Waals surface area (Å²) in [6.07, 6.45) is 0.732. The number of nitrogens with zero attached hydrogens (tertiary/aromatic N) is 2. The molecule has 7 heteroatoms. The molecular formula is C23H30N2O5. The van der Waals surface area contributed by atoms with Crippen LogP contribution in [0.3, 0.4) is 0 Å². The van der Waals surface area contributed by atoms with Gasteiger partial charge in [0.05, 0.1) is 18.0 Å². The van der Waals surface area contributed by atoms with Gasteiger partial charge >= 0.3 is 12.2 Å². The van der Waals surface area contributed by atoms with E-state index in [2.05, 4.69) is 0 Å². The van der Waals surface area contributed by atoms with Crippen molar-refractivity contribution in [1.82, 2.24) is 10.0 Å². The van der Waals surface area contributed by atoms with Crippen LogP contribution in [0.5, 0.6) is 5.75 Å². The molecule has 2 heterocycles. The Morgan fingerprint density at radius 2 is 1.50 bits per heavy atom. The first-order valence-corrected chi connectivity index (χ1v) is 10.4. The summed E-state index contributed by atoms with van der Waals surface area (Å²) < 4.78 is 17.5. The number of rotatable bonds is 0. The first-order valence-electron chi connectivity index (χ1n) is 10.4. The van der Waals surface area contributed by atoms with Gasteiger partial charge in [0.25, 0.3) is 0 Å². The van der Waals surface area contributed by atoms with Crippen molar-refractivity contribution in [3.8, 4) is 5.75 Å². The van der Waals surface area contributed by atoms with Crippen molar-refractivity contribution < 1.29 is 23.8 Å². The second-order valence-electron chi connectivity index (χ2n) is 10.1. The molecule has 0 radical (unpaired) electrons. The smallest absolute Gasteiger partial charge is 0.430 e. The van der Waals surface area contributed by atoms with Crippen LogP contribution in [0.2, 0.25) is 0 Å². The van der Waals surface area contributed by atoms with E-state index < -0.39 is 23.4 Å². The summed E-state index contributed by atoms with van der Waals surface area (Å²) in [5, 5.41) is 2.83. The molecule has 0 aromatic heterocycles. The van der Waals surface area contributed by atoms with Crippen molar-refractivity contribution in [3.63, 3.8) is 0 Å². The van der Waals surface area contributed by atoms with Crippen LogP contribution in [0.4, 0.5) is 9.59 Å². The molecule has 0 saturated carbocycles. The molecule has 1 saturated heterocycles. The van der Waals surface area contributed by atoms with Crippen molar-refractivity contribution in [2.45, 2.75) is 83.8 Å². The summed E-state index contributed by atoms with van der Waals surface area (Å²) in [7, 11) is 0. The average molecular weight is 415 g/mol. The van der Waals surface area contributed by atoms with Gasteiger partial charge in [0.2, 0.25) is 0 Å². The van der Waals surface area contributed by atoms with E-state index in [-0.39, 0.29) is 24.1 Å². The average Bonchev–Trinajstić information content (AvgIpc) is 3.19. The highest BCUT2D eigenvalue weighted by atomic mass is 16.6. The molecule has 4 atom stereocenters. The van der Waals surface area contributed by atoms with E-state index in [4.69, 9.17) is 14.2 Å². The molecule has 162 valence electrons. The molecule has 3 aliphatic rings. The van der Waals surface area contributed by atoms with E-state index in [0.717, 1.165) is 16.9 Å². The zero-order chi connectivity index (χ0) is 22.0. The normalized spacial score (nSPS) is 27.1. The van der Waals surface area contributed by atoms with Crippen LogP contribution in [0, 0.1) is 0 Å². The number of hydrazine groups is 1. The van der Waals surface area contributed by atoms with Crippen molar-refractivity contribution in [2.75, 3.05) is 0 Å². The molecule has 0 N–H and O–H groups in total. The maximum Gasteiger partial charge on any atom is 0.430 e. The van der Waals surface area contributed by atoms with Crippen LogP contribution in [0.15, 0.2) is 35.9 Å². The number of benzene rings is 1. The number of para-hydroxylation sites is 1. The third-order valence-electron chi connectivity index (χ3n) is 5.44. The molecule has 1 aromatic rings. The Hall–Kier alpha value is -2.70. The maximum atomic E-state index is 13.3. The minimum Gasteiger partial charge on any atom is -0.485 e. The largest absolute Gasteiger partial charge is 0.485 e. The number of fused-ring (bicyclic) bond motifs is 5. The quantitative estimate of drug-likeness (QED) is 0.579. The number of hydrogen-bond acceptors (Lipinski definition) is 5. The number of ether oxygens (including phenoxy) is 3. The van der Waals surface area contributed by atoms with Gasteiger partial charge in [-0.2, -0.15) is 0 Å². The summed E-state index contributed by atoms with van der Waals surface area (Å²) in [5.41, 5.74) is 0.615. The minimum atomic E-state index is -0.700. The lowest BCUT2D eigenvalue weighted by Crippen LogP contribution is -2.54. The van der Waals surface area contributed by atoms with E-state index in [9.17, 15) is 9.59 Å². The van der Waals surface area contributed by atoms with Gasteiger partial charge in [0.1, 0.15) is 23.1 Å². The van der Waals surface area contributed by atoms with E-state index in [0.29, 0.717) is 0 Å². The SMILES string of the molecule is C[C@H]1C2=C[C@H]3Oc4ccccc4[C@H]3[C@@H]2N(C(=O)OC(C)(C)C)N1C(=O)OC(C)(C)C. The summed E-state index contributed by atoms with van der Waals surface area (Å²) >= 11 is 0. The first-order chi connectivity index (χ1) is 13.9. The second-order valence-corrected chi connectivity index (χ2v) is 10.1. The molecule has 1 fully saturated rings. The van der Waals surface area contributed by atoms with E-state index >= 15 is 0 Å². The van der Waals surface area contributed by atoms with Gasteiger partial charge in [-0.25, -0.2) is 19.6 Å². The lowest BCUT2D eigenvalue weighted by molar-refractivity contribution is -0.0654. The van der Waals surface area contributed by atoms with Gasteiger partial charge in [-0.1, -0.05) is 18.2 Å². The Labute approximate surface area is 177 Å². The third-order valence-corrected chi connectivity index (χ3v) is 5.44. The van der Waals surface area contributed by atoms with Gasteiger partial charge in [-0.3, -0.25) is 0 Å². The molecule has 2 amide bonds. The lowest BCUT2D eigenvalue weighted by Gasteiger charge is -2.36. The van der Waals surface area contributed by atoms with Gasteiger partial charge in [-0.05, 0) is 66.2 Å². The molecule has 4 rings (SSSR count). The van der Waals surface area contributed by atoms with Crippen molar-refractivity contribution in [2.24, 2.45) is 0 Å². The summed E-state index contributed by atoms with van der Waals surface area (Å²) in [6, 6.07) is 7.13. The molecule has 2 aliphatic heterocycles. The number of hydrogen-bond donors (Lipinski definition) is 0. The Morgan fingerprint density at radius 1 is 0.933 bits per heavy atom. The fourth-order valence-electron chi connectivity index (χ4n) is 4.45. The second kappa shape index (κ2) is 6.65. The molecule has 30 heavy (non-hydrogen) atoms. The van der Waals surface area contributed by atoms with Gasteiger partial charge < -0.3 is 14.2 Å². The fourth-order valence-corrected chi connectivity index (χ4v) is 4.45. The molecule has 7 nitrogen and oxygen atoms in total. The Morgan fingerprint density at radius 3 is 2.10 bits per heavy atom. The third kappa shape index (κ3) is 3.40. The standard InChI is InChI=1S/C23H30N2O5/c1-13-15-12-17-18(14-10-8-9-11-16(14)28-17)19(15)25(21(27)30-23(5,6)7)24(13)20(26)29-22(2,3)4/h8-13,17-19H,1-7H3/t13-,17+,18+,19+/m0/s1. The lowest BCUT2D eigenvalue weighted by atomic mass is 9.90.